The SMILES string of the molecule is O=C(O)Nc1nc2ccc(Cn3cccc3)cc2[nH]1. The fraction of sp³-hybridized carbons (Fsp3) is 0.0769. The summed E-state index contributed by atoms with van der Waals surface area (Å²) >= 11 is 0. The second kappa shape index (κ2) is 4.49. The van der Waals surface area contributed by atoms with E-state index >= 15 is 0 Å². The van der Waals surface area contributed by atoms with Crippen molar-refractivity contribution in [2.24, 2.45) is 0 Å². The second-order valence-electron chi connectivity index (χ2n) is 4.22. The smallest absolute Gasteiger partial charge is 0.411 e. The highest BCUT2D eigenvalue weighted by Crippen LogP contribution is 2.17. The maximum Gasteiger partial charge on any atom is 0.411 e. The van der Waals surface area contributed by atoms with E-state index in [0.29, 0.717) is 0 Å². The van der Waals surface area contributed by atoms with Crippen LogP contribution in [0.25, 0.3) is 11.0 Å². The Hall–Kier alpha value is -2.76. The Morgan fingerprint density at radius 2 is 2.16 bits per heavy atom. The van der Waals surface area contributed by atoms with Gasteiger partial charge in [-0.1, -0.05) is 6.07 Å². The highest BCUT2D eigenvalue weighted by Gasteiger charge is 2.06. The van der Waals surface area contributed by atoms with Crippen LogP contribution in [0.15, 0.2) is 42.7 Å². The molecule has 0 saturated carbocycles. The van der Waals surface area contributed by atoms with Crippen molar-refractivity contribution in [3.05, 3.63) is 48.3 Å². The van der Waals surface area contributed by atoms with Crippen LogP contribution in [0.2, 0.25) is 0 Å². The average Bonchev–Trinajstić information content (AvgIpc) is 2.96. The predicted molar refractivity (Wildman–Crippen MR) is 71.3 cm³/mol. The number of rotatable bonds is 3. The molecule has 3 N–H and O–H groups in total. The van der Waals surface area contributed by atoms with Gasteiger partial charge in [-0.05, 0) is 29.8 Å². The van der Waals surface area contributed by atoms with Crippen LogP contribution in [0.3, 0.4) is 0 Å². The van der Waals surface area contributed by atoms with Crippen LogP contribution in [0.5, 0.6) is 0 Å². The number of benzene rings is 1. The van der Waals surface area contributed by atoms with Gasteiger partial charge in [-0.3, -0.25) is 5.32 Å². The van der Waals surface area contributed by atoms with E-state index in [1.165, 1.54) is 0 Å². The zero-order chi connectivity index (χ0) is 13.2. The Morgan fingerprint density at radius 3 is 2.89 bits per heavy atom. The first-order valence-corrected chi connectivity index (χ1v) is 5.80. The van der Waals surface area contributed by atoms with E-state index in [4.69, 9.17) is 5.11 Å². The number of fused-ring (bicyclic) bond motifs is 1. The van der Waals surface area contributed by atoms with Gasteiger partial charge in [0, 0.05) is 18.9 Å². The van der Waals surface area contributed by atoms with Crippen molar-refractivity contribution in [1.82, 2.24) is 14.5 Å². The van der Waals surface area contributed by atoms with E-state index in [1.54, 1.807) is 0 Å². The molecule has 6 heteroatoms. The molecule has 1 amide bonds. The lowest BCUT2D eigenvalue weighted by Crippen LogP contribution is -2.08. The third-order valence-corrected chi connectivity index (χ3v) is 2.80. The number of nitrogens with one attached hydrogen (secondary N) is 2. The quantitative estimate of drug-likeness (QED) is 0.673. The third kappa shape index (κ3) is 2.42. The highest BCUT2D eigenvalue weighted by atomic mass is 16.4. The molecule has 6 nitrogen and oxygen atoms in total. The lowest BCUT2D eigenvalue weighted by atomic mass is 10.2. The molecular weight excluding hydrogens is 244 g/mol. The van der Waals surface area contributed by atoms with Crippen LogP contribution in [-0.2, 0) is 6.54 Å². The third-order valence-electron chi connectivity index (χ3n) is 2.80. The molecule has 0 radical (unpaired) electrons. The molecule has 0 aliphatic rings. The molecule has 19 heavy (non-hydrogen) atoms. The van der Waals surface area contributed by atoms with Gasteiger partial charge in [0.2, 0.25) is 5.95 Å². The van der Waals surface area contributed by atoms with E-state index in [-0.39, 0.29) is 5.95 Å². The number of aromatic nitrogens is 3. The molecule has 2 heterocycles. The van der Waals surface area contributed by atoms with Crippen LogP contribution in [-0.4, -0.2) is 25.7 Å². The number of anilines is 1. The minimum atomic E-state index is -1.13. The first-order chi connectivity index (χ1) is 9.20. The zero-order valence-electron chi connectivity index (χ0n) is 10.00. The summed E-state index contributed by atoms with van der Waals surface area (Å²) in [5, 5.41) is 10.8. The first kappa shape index (κ1) is 11.3. The van der Waals surface area contributed by atoms with Gasteiger partial charge in [-0.2, -0.15) is 0 Å². The summed E-state index contributed by atoms with van der Waals surface area (Å²) in [6, 6.07) is 9.77. The van der Waals surface area contributed by atoms with Crippen LogP contribution in [0.4, 0.5) is 10.7 Å². The maximum atomic E-state index is 10.5. The van der Waals surface area contributed by atoms with E-state index in [1.807, 2.05) is 42.7 Å². The van der Waals surface area contributed by atoms with Crippen molar-refractivity contribution < 1.29 is 9.90 Å². The number of nitrogens with zero attached hydrogens (tertiary/aromatic N) is 2. The first-order valence-electron chi connectivity index (χ1n) is 5.80. The standard InChI is InChI=1S/C13H12N4O2/c18-13(19)16-12-14-10-4-3-9(7-11(10)15-12)8-17-5-1-2-6-17/h1-7H,8H2,(H,18,19)(H2,14,15,16). The van der Waals surface area contributed by atoms with Crippen molar-refractivity contribution in [2.75, 3.05) is 5.32 Å². The Labute approximate surface area is 108 Å². The number of imidazole rings is 1. The van der Waals surface area contributed by atoms with Crippen LogP contribution < -0.4 is 5.32 Å². The van der Waals surface area contributed by atoms with E-state index in [2.05, 4.69) is 19.9 Å². The number of aromatic amines is 1. The van der Waals surface area contributed by atoms with Crippen molar-refractivity contribution >= 4 is 23.1 Å². The number of amides is 1. The molecule has 0 fully saturated rings. The minimum Gasteiger partial charge on any atom is -0.465 e. The molecule has 0 saturated heterocycles. The fourth-order valence-corrected chi connectivity index (χ4v) is 2.00. The topological polar surface area (TPSA) is 82.9 Å². The number of carboxylic acid groups (broad SMARTS) is 1. The number of H-pyrrole nitrogens is 1. The van der Waals surface area contributed by atoms with Gasteiger partial charge in [0.05, 0.1) is 11.0 Å². The molecule has 0 atom stereocenters. The lowest BCUT2D eigenvalue weighted by Gasteiger charge is -2.02. The molecule has 3 rings (SSSR count). The zero-order valence-corrected chi connectivity index (χ0v) is 10.00. The van der Waals surface area contributed by atoms with Gasteiger partial charge in [-0.15, -0.1) is 0 Å². The highest BCUT2D eigenvalue weighted by molar-refractivity contribution is 5.85. The van der Waals surface area contributed by atoms with Crippen LogP contribution >= 0.6 is 0 Å². The Bertz CT molecular complexity index is 715. The molecule has 0 bridgehead atoms. The van der Waals surface area contributed by atoms with E-state index in [0.717, 1.165) is 23.1 Å². The molecule has 0 spiro atoms. The van der Waals surface area contributed by atoms with Gasteiger partial charge < -0.3 is 14.7 Å². The summed E-state index contributed by atoms with van der Waals surface area (Å²) in [7, 11) is 0. The van der Waals surface area contributed by atoms with Gasteiger partial charge >= 0.3 is 6.09 Å². The monoisotopic (exact) mass is 256 g/mol. The summed E-state index contributed by atoms with van der Waals surface area (Å²) in [4.78, 5) is 17.6. The Balaban J connectivity index is 1.89. The number of carbonyl (C=O) groups is 1. The van der Waals surface area contributed by atoms with Crippen molar-refractivity contribution in [3.63, 3.8) is 0 Å². The van der Waals surface area contributed by atoms with Gasteiger partial charge in [0.25, 0.3) is 0 Å². The van der Waals surface area contributed by atoms with Gasteiger partial charge in [0.1, 0.15) is 0 Å². The van der Waals surface area contributed by atoms with Crippen molar-refractivity contribution in [2.45, 2.75) is 6.54 Å². The number of hydrogen-bond acceptors (Lipinski definition) is 2. The van der Waals surface area contributed by atoms with Crippen molar-refractivity contribution in [3.8, 4) is 0 Å². The number of hydrogen-bond donors (Lipinski definition) is 3. The largest absolute Gasteiger partial charge is 0.465 e. The molecule has 96 valence electrons. The Morgan fingerprint density at radius 1 is 1.37 bits per heavy atom. The summed E-state index contributed by atoms with van der Waals surface area (Å²) in [6.45, 7) is 0.768. The normalized spacial score (nSPS) is 10.7. The minimum absolute atomic E-state index is 0.237. The average molecular weight is 256 g/mol. The second-order valence-corrected chi connectivity index (χ2v) is 4.22. The summed E-state index contributed by atoms with van der Waals surface area (Å²) in [5.41, 5.74) is 2.67. The molecule has 0 aliphatic carbocycles. The maximum absolute atomic E-state index is 10.5. The molecule has 0 aliphatic heterocycles. The molecule has 1 aromatic carbocycles. The van der Waals surface area contributed by atoms with Crippen LogP contribution in [0, 0.1) is 0 Å². The van der Waals surface area contributed by atoms with Crippen molar-refractivity contribution in [1.29, 1.82) is 0 Å². The fourth-order valence-electron chi connectivity index (χ4n) is 2.00. The molecule has 0 unspecified atom stereocenters. The molecule has 2 aromatic heterocycles. The van der Waals surface area contributed by atoms with Gasteiger partial charge in [-0.25, -0.2) is 9.78 Å². The summed E-state index contributed by atoms with van der Waals surface area (Å²) < 4.78 is 2.06. The van der Waals surface area contributed by atoms with E-state index < -0.39 is 6.09 Å². The Kier molecular flexibility index (Phi) is 2.68. The summed E-state index contributed by atoms with van der Waals surface area (Å²) in [6.07, 6.45) is 2.86. The van der Waals surface area contributed by atoms with E-state index in [9.17, 15) is 4.79 Å². The van der Waals surface area contributed by atoms with Crippen LogP contribution in [0.1, 0.15) is 5.56 Å². The molecule has 3 aromatic rings. The summed E-state index contributed by atoms with van der Waals surface area (Å²) in [5.74, 6) is 0.237. The lowest BCUT2D eigenvalue weighted by molar-refractivity contribution is 0.209. The predicted octanol–water partition coefficient (Wildman–Crippen LogP) is 2.50. The van der Waals surface area contributed by atoms with Gasteiger partial charge in [0.15, 0.2) is 0 Å². The molecular formula is C13H12N4O2.